The number of furan rings is 1. The van der Waals surface area contributed by atoms with Crippen molar-refractivity contribution >= 4 is 65.7 Å². The molecule has 0 amide bonds. The fraction of sp³-hybridized carbons (Fsp3) is 0. The van der Waals surface area contributed by atoms with Gasteiger partial charge in [0.2, 0.25) is 0 Å². The van der Waals surface area contributed by atoms with Crippen molar-refractivity contribution in [2.24, 2.45) is 0 Å². The van der Waals surface area contributed by atoms with Crippen LogP contribution in [0.5, 0.6) is 0 Å². The minimum absolute atomic E-state index is 0.866. The summed E-state index contributed by atoms with van der Waals surface area (Å²) in [5.41, 5.74) is 13.8. The van der Waals surface area contributed by atoms with Crippen molar-refractivity contribution in [1.29, 1.82) is 0 Å². The Kier molecular flexibility index (Phi) is 5.89. The van der Waals surface area contributed by atoms with E-state index in [4.69, 9.17) is 14.4 Å². The normalized spacial score (nSPS) is 11.9. The van der Waals surface area contributed by atoms with Gasteiger partial charge in [-0.15, -0.1) is 0 Å². The van der Waals surface area contributed by atoms with Crippen LogP contribution in [0.3, 0.4) is 0 Å². The van der Waals surface area contributed by atoms with Gasteiger partial charge in [-0.2, -0.15) is 0 Å². The van der Waals surface area contributed by atoms with Crippen LogP contribution in [0.4, 0.5) is 0 Å². The highest BCUT2D eigenvalue weighted by Crippen LogP contribution is 2.38. The molecule has 5 nitrogen and oxygen atoms in total. The van der Waals surface area contributed by atoms with E-state index < -0.39 is 0 Å². The first-order chi connectivity index (χ1) is 25.3. The predicted molar refractivity (Wildman–Crippen MR) is 209 cm³/mol. The Morgan fingerprint density at radius 3 is 1.75 bits per heavy atom. The summed E-state index contributed by atoms with van der Waals surface area (Å²) in [6, 6.07) is 53.6. The molecule has 11 aromatic rings. The monoisotopic (exact) mass is 652 g/mol. The summed E-state index contributed by atoms with van der Waals surface area (Å²) in [5.74, 6) is 0. The summed E-state index contributed by atoms with van der Waals surface area (Å²) in [6.07, 6.45) is 5.75. The summed E-state index contributed by atoms with van der Waals surface area (Å²) < 4.78 is 11.0. The molecule has 11 rings (SSSR count). The summed E-state index contributed by atoms with van der Waals surface area (Å²) in [5, 5.41) is 5.78. The number of benzene rings is 6. The van der Waals surface area contributed by atoms with E-state index in [1.807, 2.05) is 30.7 Å². The van der Waals surface area contributed by atoms with Gasteiger partial charge in [0.05, 0.1) is 27.6 Å². The molecule has 5 aromatic heterocycles. The molecule has 0 fully saturated rings. The topological polar surface area (TPSA) is 48.8 Å². The van der Waals surface area contributed by atoms with Crippen molar-refractivity contribution < 1.29 is 4.42 Å². The van der Waals surface area contributed by atoms with Crippen LogP contribution < -0.4 is 0 Å². The molecule has 5 heteroatoms. The zero-order chi connectivity index (χ0) is 33.5. The molecule has 51 heavy (non-hydrogen) atoms. The molecule has 0 atom stereocenters. The first kappa shape index (κ1) is 27.9. The highest BCUT2D eigenvalue weighted by molar-refractivity contribution is 6.11. The van der Waals surface area contributed by atoms with E-state index in [0.717, 1.165) is 77.5 Å². The van der Waals surface area contributed by atoms with Gasteiger partial charge in [-0.1, -0.05) is 66.7 Å². The van der Waals surface area contributed by atoms with Crippen LogP contribution in [0.2, 0.25) is 0 Å². The molecule has 6 aromatic carbocycles. The van der Waals surface area contributed by atoms with Gasteiger partial charge in [0, 0.05) is 68.0 Å². The van der Waals surface area contributed by atoms with Crippen LogP contribution in [0.1, 0.15) is 0 Å². The van der Waals surface area contributed by atoms with Gasteiger partial charge >= 0.3 is 0 Å². The Morgan fingerprint density at radius 1 is 0.392 bits per heavy atom. The zero-order valence-corrected chi connectivity index (χ0v) is 27.4. The van der Waals surface area contributed by atoms with Crippen LogP contribution in [0, 0.1) is 0 Å². The third-order valence-electron chi connectivity index (χ3n) is 10.2. The van der Waals surface area contributed by atoms with E-state index in [0.29, 0.717) is 0 Å². The van der Waals surface area contributed by atoms with Gasteiger partial charge in [-0.3, -0.25) is 9.97 Å². The summed E-state index contributed by atoms with van der Waals surface area (Å²) in [4.78, 5) is 9.53. The van der Waals surface area contributed by atoms with E-state index in [9.17, 15) is 0 Å². The molecule has 0 aliphatic carbocycles. The molecule has 238 valence electrons. The fourth-order valence-electron chi connectivity index (χ4n) is 7.91. The van der Waals surface area contributed by atoms with Gasteiger partial charge < -0.3 is 13.6 Å². The Hall–Kier alpha value is -6.98. The Balaban J connectivity index is 1.03. The summed E-state index contributed by atoms with van der Waals surface area (Å²) >= 11 is 0. The number of nitrogens with zero attached hydrogens (tertiary/aromatic N) is 4. The molecule has 5 heterocycles. The number of para-hydroxylation sites is 3. The maximum absolute atomic E-state index is 6.36. The molecule has 0 aliphatic heterocycles. The number of hydrogen-bond acceptors (Lipinski definition) is 3. The second-order valence-electron chi connectivity index (χ2n) is 13.1. The molecule has 0 saturated heterocycles. The molecule has 0 bridgehead atoms. The second kappa shape index (κ2) is 10.8. The Bertz CT molecular complexity index is 3090. The number of aromatic nitrogens is 4. The molecule has 0 aliphatic rings. The summed E-state index contributed by atoms with van der Waals surface area (Å²) in [7, 11) is 0. The van der Waals surface area contributed by atoms with E-state index in [2.05, 4.69) is 149 Å². The van der Waals surface area contributed by atoms with E-state index >= 15 is 0 Å². The molecule has 0 N–H and O–H groups in total. The van der Waals surface area contributed by atoms with Crippen molar-refractivity contribution in [1.82, 2.24) is 19.1 Å². The Labute approximate surface area is 292 Å². The second-order valence-corrected chi connectivity index (χ2v) is 13.1. The summed E-state index contributed by atoms with van der Waals surface area (Å²) in [6.45, 7) is 0. The smallest absolute Gasteiger partial charge is 0.135 e. The predicted octanol–water partition coefficient (Wildman–Crippen LogP) is 11.9. The van der Waals surface area contributed by atoms with Crippen LogP contribution in [0.15, 0.2) is 175 Å². The van der Waals surface area contributed by atoms with Gasteiger partial charge in [0.1, 0.15) is 11.2 Å². The van der Waals surface area contributed by atoms with Gasteiger partial charge in [0.25, 0.3) is 0 Å². The zero-order valence-electron chi connectivity index (χ0n) is 27.4. The molecule has 0 radical (unpaired) electrons. The average molecular weight is 653 g/mol. The average Bonchev–Trinajstić information content (AvgIpc) is 3.85. The SMILES string of the molecule is c1ccc(-n2c3ccc(-c4cncc(-c5ccc6oc7ccc(-n8c9ccccc9c9ccccc98)cc7c6c5)c4)cc3c3ncccc32)cc1. The van der Waals surface area contributed by atoms with Gasteiger partial charge in [-0.05, 0) is 96.1 Å². The number of pyridine rings is 2. The van der Waals surface area contributed by atoms with Gasteiger partial charge in [-0.25, -0.2) is 0 Å². The van der Waals surface area contributed by atoms with Crippen LogP contribution >= 0.6 is 0 Å². The standard InChI is InChI=1S/C46H28N4O/c1-2-9-33(10-3-1)49-42-19-16-29(25-39(42)46-43(49)15-8-22-48-46)31-23-32(28-47-27-31)30-17-20-44-37(24-30)38-26-34(18-21-45(38)51-44)50-40-13-6-4-11-35(40)36-12-5-7-14-41(36)50/h1-28H. The molecular formula is C46H28N4O. The maximum atomic E-state index is 6.36. The minimum Gasteiger partial charge on any atom is -0.456 e. The maximum Gasteiger partial charge on any atom is 0.135 e. The van der Waals surface area contributed by atoms with Crippen LogP contribution in [-0.2, 0) is 0 Å². The molecule has 0 spiro atoms. The third-order valence-corrected chi connectivity index (χ3v) is 10.2. The van der Waals surface area contributed by atoms with Crippen molar-refractivity contribution in [2.75, 3.05) is 0 Å². The molecular weight excluding hydrogens is 625 g/mol. The van der Waals surface area contributed by atoms with Crippen LogP contribution in [0.25, 0.3) is 99.3 Å². The van der Waals surface area contributed by atoms with Crippen LogP contribution in [-0.4, -0.2) is 19.1 Å². The highest BCUT2D eigenvalue weighted by atomic mass is 16.3. The van der Waals surface area contributed by atoms with Crippen molar-refractivity contribution in [3.8, 4) is 33.6 Å². The quantitative estimate of drug-likeness (QED) is 0.190. The van der Waals surface area contributed by atoms with E-state index in [1.54, 1.807) is 0 Å². The minimum atomic E-state index is 0.866. The van der Waals surface area contributed by atoms with Crippen molar-refractivity contribution in [2.45, 2.75) is 0 Å². The number of hydrogen-bond donors (Lipinski definition) is 0. The molecule has 0 unspecified atom stereocenters. The lowest BCUT2D eigenvalue weighted by Crippen LogP contribution is -1.93. The van der Waals surface area contributed by atoms with Gasteiger partial charge in [0.15, 0.2) is 0 Å². The first-order valence-corrected chi connectivity index (χ1v) is 17.1. The lowest BCUT2D eigenvalue weighted by atomic mass is 9.99. The lowest BCUT2D eigenvalue weighted by molar-refractivity contribution is 0.669. The lowest BCUT2D eigenvalue weighted by Gasteiger charge is -2.09. The Morgan fingerprint density at radius 2 is 0.980 bits per heavy atom. The van der Waals surface area contributed by atoms with Crippen molar-refractivity contribution in [3.05, 3.63) is 170 Å². The fourth-order valence-corrected chi connectivity index (χ4v) is 7.91. The van der Waals surface area contributed by atoms with E-state index in [-0.39, 0.29) is 0 Å². The third kappa shape index (κ3) is 4.22. The largest absolute Gasteiger partial charge is 0.456 e. The number of fused-ring (bicyclic) bond motifs is 9. The van der Waals surface area contributed by atoms with E-state index in [1.165, 1.54) is 21.8 Å². The highest BCUT2D eigenvalue weighted by Gasteiger charge is 2.17. The molecule has 0 saturated carbocycles. The van der Waals surface area contributed by atoms with Crippen molar-refractivity contribution in [3.63, 3.8) is 0 Å². The first-order valence-electron chi connectivity index (χ1n) is 17.1. The number of rotatable bonds is 4.